The van der Waals surface area contributed by atoms with Crippen molar-refractivity contribution < 1.29 is 19.5 Å². The van der Waals surface area contributed by atoms with Crippen molar-refractivity contribution in [1.29, 1.82) is 0 Å². The van der Waals surface area contributed by atoms with Crippen molar-refractivity contribution in [3.8, 4) is 11.8 Å². The number of unbranched alkanes of at least 4 members (excludes halogenated alkanes) is 1. The van der Waals surface area contributed by atoms with Crippen molar-refractivity contribution in [1.82, 2.24) is 0 Å². The van der Waals surface area contributed by atoms with Gasteiger partial charge in [0.2, 0.25) is 0 Å². The Kier molecular flexibility index (Phi) is 5.41. The number of Topliss-reactive ketones (excluding diaryl/α,β-unsaturated/α-hetero) is 2. The molecule has 92 valence electrons. The number of rotatable bonds is 4. The maximum Gasteiger partial charge on any atom is 0.303 e. The molecule has 0 radical (unpaired) electrons. The van der Waals surface area contributed by atoms with Gasteiger partial charge in [-0.2, -0.15) is 0 Å². The van der Waals surface area contributed by atoms with E-state index in [1.165, 1.54) is 0 Å². The lowest BCUT2D eigenvalue weighted by molar-refractivity contribution is -0.137. The number of aliphatic carboxylic acids is 1. The molecule has 1 rings (SSSR count). The van der Waals surface area contributed by atoms with Crippen molar-refractivity contribution in [3.63, 3.8) is 0 Å². The molecule has 0 amide bonds. The lowest BCUT2D eigenvalue weighted by atomic mass is 9.85. The molecule has 4 nitrogen and oxygen atoms in total. The predicted octanol–water partition coefficient (Wildman–Crippen LogP) is 1.57. The van der Waals surface area contributed by atoms with Crippen LogP contribution in [0.2, 0.25) is 0 Å². The molecule has 0 aromatic heterocycles. The van der Waals surface area contributed by atoms with Crippen LogP contribution >= 0.6 is 0 Å². The number of hydrogen-bond donors (Lipinski definition) is 1. The molecule has 0 spiro atoms. The van der Waals surface area contributed by atoms with Gasteiger partial charge in [-0.05, 0) is 12.8 Å². The third-order valence-electron chi connectivity index (χ3n) is 2.75. The topological polar surface area (TPSA) is 71.4 Å². The van der Waals surface area contributed by atoms with E-state index in [2.05, 4.69) is 11.8 Å². The van der Waals surface area contributed by atoms with Crippen LogP contribution < -0.4 is 0 Å². The standard InChI is InChI=1S/C13H16O4/c14-11-7-5-8-12(15)10(11)6-3-1-2-4-9-13(16)17/h10H,2,4-9H2,(H,16,17). The summed E-state index contributed by atoms with van der Waals surface area (Å²) in [7, 11) is 0. The molecule has 0 atom stereocenters. The fourth-order valence-corrected chi connectivity index (χ4v) is 1.78. The van der Waals surface area contributed by atoms with Gasteiger partial charge in [-0.3, -0.25) is 14.4 Å². The monoisotopic (exact) mass is 236 g/mol. The van der Waals surface area contributed by atoms with Gasteiger partial charge in [0.05, 0.1) is 5.92 Å². The van der Waals surface area contributed by atoms with Gasteiger partial charge < -0.3 is 5.11 Å². The Morgan fingerprint density at radius 3 is 2.47 bits per heavy atom. The highest BCUT2D eigenvalue weighted by Gasteiger charge is 2.28. The van der Waals surface area contributed by atoms with E-state index in [4.69, 9.17) is 5.11 Å². The van der Waals surface area contributed by atoms with Crippen LogP contribution in [0.5, 0.6) is 0 Å². The minimum absolute atomic E-state index is 0.00101. The average Bonchev–Trinajstić information content (AvgIpc) is 2.26. The summed E-state index contributed by atoms with van der Waals surface area (Å²) in [6, 6.07) is 0. The molecule has 1 aliphatic rings. The van der Waals surface area contributed by atoms with Gasteiger partial charge in [0.1, 0.15) is 11.6 Å². The highest BCUT2D eigenvalue weighted by Crippen LogP contribution is 2.19. The Hall–Kier alpha value is -1.63. The molecule has 0 heterocycles. The van der Waals surface area contributed by atoms with E-state index in [0.29, 0.717) is 38.5 Å². The van der Waals surface area contributed by atoms with E-state index in [0.717, 1.165) is 0 Å². The zero-order valence-electron chi connectivity index (χ0n) is 9.70. The fraction of sp³-hybridized carbons (Fsp3) is 0.615. The van der Waals surface area contributed by atoms with Gasteiger partial charge in [0.25, 0.3) is 0 Å². The molecule has 17 heavy (non-hydrogen) atoms. The van der Waals surface area contributed by atoms with Gasteiger partial charge in [-0.25, -0.2) is 0 Å². The van der Waals surface area contributed by atoms with Crippen LogP contribution in [0.3, 0.4) is 0 Å². The molecule has 1 aliphatic carbocycles. The van der Waals surface area contributed by atoms with E-state index < -0.39 is 11.9 Å². The molecular weight excluding hydrogens is 220 g/mol. The lowest BCUT2D eigenvalue weighted by Crippen LogP contribution is -2.28. The van der Waals surface area contributed by atoms with E-state index >= 15 is 0 Å². The van der Waals surface area contributed by atoms with Crippen LogP contribution in [0.15, 0.2) is 0 Å². The second kappa shape index (κ2) is 6.85. The summed E-state index contributed by atoms with van der Waals surface area (Å²) >= 11 is 0. The zero-order valence-corrected chi connectivity index (χ0v) is 9.70. The second-order valence-corrected chi connectivity index (χ2v) is 4.14. The molecule has 0 unspecified atom stereocenters. The first-order valence-corrected chi connectivity index (χ1v) is 5.84. The highest BCUT2D eigenvalue weighted by atomic mass is 16.4. The van der Waals surface area contributed by atoms with Gasteiger partial charge in [0.15, 0.2) is 0 Å². The molecule has 1 N–H and O–H groups in total. The fourth-order valence-electron chi connectivity index (χ4n) is 1.78. The first-order chi connectivity index (χ1) is 8.11. The van der Waals surface area contributed by atoms with Crippen LogP contribution in [-0.2, 0) is 14.4 Å². The maximum absolute atomic E-state index is 11.4. The SMILES string of the molecule is O=C(O)CCCC#CCC1C(=O)CCCC1=O. The smallest absolute Gasteiger partial charge is 0.303 e. The number of hydrogen-bond acceptors (Lipinski definition) is 3. The molecule has 0 saturated heterocycles. The van der Waals surface area contributed by atoms with Gasteiger partial charge in [-0.1, -0.05) is 0 Å². The second-order valence-electron chi connectivity index (χ2n) is 4.14. The van der Waals surface area contributed by atoms with E-state index in [-0.39, 0.29) is 18.0 Å². The van der Waals surface area contributed by atoms with Crippen LogP contribution in [0.1, 0.15) is 44.9 Å². The highest BCUT2D eigenvalue weighted by molar-refractivity contribution is 6.04. The number of ketones is 2. The van der Waals surface area contributed by atoms with Crippen LogP contribution in [0, 0.1) is 17.8 Å². The van der Waals surface area contributed by atoms with Crippen molar-refractivity contribution in [2.75, 3.05) is 0 Å². The van der Waals surface area contributed by atoms with Gasteiger partial charge >= 0.3 is 5.97 Å². The Bertz CT molecular complexity index is 357. The van der Waals surface area contributed by atoms with Crippen molar-refractivity contribution in [2.45, 2.75) is 44.9 Å². The molecule has 4 heteroatoms. The van der Waals surface area contributed by atoms with E-state index in [9.17, 15) is 14.4 Å². The minimum atomic E-state index is -0.829. The van der Waals surface area contributed by atoms with Gasteiger partial charge in [-0.15, -0.1) is 11.8 Å². The molecule has 0 bridgehead atoms. The largest absolute Gasteiger partial charge is 0.481 e. The van der Waals surface area contributed by atoms with Crippen LogP contribution in [0.25, 0.3) is 0 Å². The van der Waals surface area contributed by atoms with Gasteiger partial charge in [0, 0.05) is 32.1 Å². The number of carbonyl (C=O) groups is 3. The van der Waals surface area contributed by atoms with Crippen molar-refractivity contribution in [3.05, 3.63) is 0 Å². The van der Waals surface area contributed by atoms with Crippen LogP contribution in [-0.4, -0.2) is 22.6 Å². The van der Waals surface area contributed by atoms with E-state index in [1.54, 1.807) is 0 Å². The molecule has 1 fully saturated rings. The minimum Gasteiger partial charge on any atom is -0.481 e. The Morgan fingerprint density at radius 1 is 1.24 bits per heavy atom. The molecule has 0 aromatic rings. The molecular formula is C13H16O4. The summed E-state index contributed by atoms with van der Waals surface area (Å²) in [6.45, 7) is 0. The van der Waals surface area contributed by atoms with E-state index in [1.807, 2.05) is 0 Å². The lowest BCUT2D eigenvalue weighted by Gasteiger charge is -2.16. The van der Waals surface area contributed by atoms with Crippen LogP contribution in [0.4, 0.5) is 0 Å². The van der Waals surface area contributed by atoms with Crippen molar-refractivity contribution >= 4 is 17.5 Å². The molecule has 0 aromatic carbocycles. The quantitative estimate of drug-likeness (QED) is 0.457. The number of carboxylic acid groups (broad SMARTS) is 1. The predicted molar refractivity (Wildman–Crippen MR) is 61.2 cm³/mol. The first-order valence-electron chi connectivity index (χ1n) is 5.84. The maximum atomic E-state index is 11.4. The summed E-state index contributed by atoms with van der Waals surface area (Å²) in [6.07, 6.45) is 3.05. The summed E-state index contributed by atoms with van der Waals surface area (Å²) in [5.41, 5.74) is 0. The Balaban J connectivity index is 2.29. The third-order valence-corrected chi connectivity index (χ3v) is 2.75. The molecule has 0 aliphatic heterocycles. The normalized spacial score (nSPS) is 16.5. The Morgan fingerprint density at radius 2 is 1.88 bits per heavy atom. The molecule has 1 saturated carbocycles. The zero-order chi connectivity index (χ0) is 12.7. The van der Waals surface area contributed by atoms with Crippen molar-refractivity contribution in [2.24, 2.45) is 5.92 Å². The summed E-state index contributed by atoms with van der Waals surface area (Å²) < 4.78 is 0. The first kappa shape index (κ1) is 13.4. The Labute approximate surface area is 100 Å². The summed E-state index contributed by atoms with van der Waals surface area (Å²) in [5.74, 6) is 4.26. The summed E-state index contributed by atoms with van der Waals surface area (Å²) in [5, 5.41) is 8.41. The third kappa shape index (κ3) is 4.81. The average molecular weight is 236 g/mol. The summed E-state index contributed by atoms with van der Waals surface area (Å²) in [4.78, 5) is 33.1. The number of carboxylic acids is 1. The number of carbonyl (C=O) groups excluding carboxylic acids is 2.